The van der Waals surface area contributed by atoms with E-state index >= 15 is 0 Å². The number of carboxylic acids is 1. The zero-order chi connectivity index (χ0) is 12.6. The second-order valence-electron chi connectivity index (χ2n) is 4.14. The lowest BCUT2D eigenvalue weighted by molar-refractivity contribution is -0.143. The average Bonchev–Trinajstić information content (AvgIpc) is 2.26. The van der Waals surface area contributed by atoms with Gasteiger partial charge >= 0.3 is 5.97 Å². The molecule has 0 aromatic rings. The third kappa shape index (κ3) is 5.73. The Hall–Kier alpha value is -1.06. The van der Waals surface area contributed by atoms with E-state index in [4.69, 9.17) is 5.11 Å². The van der Waals surface area contributed by atoms with Crippen molar-refractivity contribution in [3.05, 3.63) is 0 Å². The van der Waals surface area contributed by atoms with Crippen molar-refractivity contribution in [3.63, 3.8) is 0 Å². The second-order valence-corrected chi connectivity index (χ2v) is 4.14. The first-order valence-corrected chi connectivity index (χ1v) is 6.03. The summed E-state index contributed by atoms with van der Waals surface area (Å²) in [7, 11) is 0. The summed E-state index contributed by atoms with van der Waals surface area (Å²) < 4.78 is 0. The van der Waals surface area contributed by atoms with Gasteiger partial charge in [0.1, 0.15) is 0 Å². The predicted molar refractivity (Wildman–Crippen MR) is 63.2 cm³/mol. The van der Waals surface area contributed by atoms with Gasteiger partial charge in [-0.1, -0.05) is 33.6 Å². The zero-order valence-electron chi connectivity index (χ0n) is 10.5. The van der Waals surface area contributed by atoms with Gasteiger partial charge in [0.05, 0.1) is 5.92 Å². The number of carbonyl (C=O) groups is 2. The quantitative estimate of drug-likeness (QED) is 0.649. The molecule has 4 heteroatoms. The fourth-order valence-electron chi connectivity index (χ4n) is 1.50. The van der Waals surface area contributed by atoms with Crippen molar-refractivity contribution in [2.45, 2.75) is 46.5 Å². The summed E-state index contributed by atoms with van der Waals surface area (Å²) in [6.07, 6.45) is 3.57. The van der Waals surface area contributed by atoms with E-state index in [1.807, 2.05) is 0 Å². The van der Waals surface area contributed by atoms with Crippen molar-refractivity contribution in [1.82, 2.24) is 4.90 Å². The van der Waals surface area contributed by atoms with Gasteiger partial charge in [-0.15, -0.1) is 0 Å². The van der Waals surface area contributed by atoms with Crippen LogP contribution in [0.15, 0.2) is 0 Å². The minimum absolute atomic E-state index is 0.0456. The number of carbonyl (C=O) groups excluding carboxylic acids is 1. The van der Waals surface area contributed by atoms with Crippen molar-refractivity contribution in [1.29, 1.82) is 0 Å². The van der Waals surface area contributed by atoms with E-state index in [2.05, 4.69) is 6.92 Å². The summed E-state index contributed by atoms with van der Waals surface area (Å²) in [4.78, 5) is 24.0. The topological polar surface area (TPSA) is 57.6 Å². The van der Waals surface area contributed by atoms with Crippen molar-refractivity contribution >= 4 is 11.9 Å². The Morgan fingerprint density at radius 1 is 1.25 bits per heavy atom. The van der Waals surface area contributed by atoms with E-state index in [1.165, 1.54) is 0 Å². The summed E-state index contributed by atoms with van der Waals surface area (Å²) in [6.45, 7) is 6.55. The van der Waals surface area contributed by atoms with E-state index in [-0.39, 0.29) is 5.91 Å². The first kappa shape index (κ1) is 14.9. The summed E-state index contributed by atoms with van der Waals surface area (Å²) in [5.41, 5.74) is 0. The average molecular weight is 229 g/mol. The molecule has 0 saturated carbocycles. The van der Waals surface area contributed by atoms with Gasteiger partial charge in [0.2, 0.25) is 5.91 Å². The molecule has 0 aliphatic rings. The standard InChI is InChI=1S/C12H23NO3/c1-4-6-7-8-13(11(14)5-2)9-10(3)12(15)16/h10H,4-9H2,1-3H3,(H,15,16). The van der Waals surface area contributed by atoms with Gasteiger partial charge in [0.15, 0.2) is 0 Å². The third-order valence-corrected chi connectivity index (χ3v) is 2.60. The fourth-order valence-corrected chi connectivity index (χ4v) is 1.50. The second kappa shape index (κ2) is 8.13. The van der Waals surface area contributed by atoms with Gasteiger partial charge in [-0.3, -0.25) is 9.59 Å². The molecule has 0 aromatic heterocycles. The molecule has 0 aliphatic heterocycles. The molecule has 0 spiro atoms. The number of carboxylic acid groups (broad SMARTS) is 1. The predicted octanol–water partition coefficient (Wildman–Crippen LogP) is 2.14. The van der Waals surface area contributed by atoms with Crippen LogP contribution in [0.25, 0.3) is 0 Å². The molecule has 0 radical (unpaired) electrons. The van der Waals surface area contributed by atoms with Crippen LogP contribution >= 0.6 is 0 Å². The van der Waals surface area contributed by atoms with Gasteiger partial charge in [-0.2, -0.15) is 0 Å². The van der Waals surface area contributed by atoms with Crippen LogP contribution in [0.4, 0.5) is 0 Å². The molecule has 0 heterocycles. The van der Waals surface area contributed by atoms with Gasteiger partial charge in [0, 0.05) is 19.5 Å². The molecule has 0 bridgehead atoms. The Balaban J connectivity index is 4.20. The monoisotopic (exact) mass is 229 g/mol. The number of amides is 1. The molecule has 4 nitrogen and oxygen atoms in total. The van der Waals surface area contributed by atoms with Crippen LogP contribution in [0.3, 0.4) is 0 Å². The van der Waals surface area contributed by atoms with E-state index in [1.54, 1.807) is 18.7 Å². The molecule has 1 N–H and O–H groups in total. The van der Waals surface area contributed by atoms with Crippen LogP contribution in [0.5, 0.6) is 0 Å². The molecule has 0 fully saturated rings. The van der Waals surface area contributed by atoms with Crippen LogP contribution in [-0.2, 0) is 9.59 Å². The highest BCUT2D eigenvalue weighted by molar-refractivity contribution is 5.77. The highest BCUT2D eigenvalue weighted by atomic mass is 16.4. The molecular formula is C12H23NO3. The number of unbranched alkanes of at least 4 members (excludes halogenated alkanes) is 2. The Bertz CT molecular complexity index is 228. The molecule has 1 atom stereocenters. The molecule has 0 saturated heterocycles. The van der Waals surface area contributed by atoms with E-state index < -0.39 is 11.9 Å². The SMILES string of the molecule is CCCCCN(CC(C)C(=O)O)C(=O)CC. The molecule has 1 amide bonds. The van der Waals surface area contributed by atoms with E-state index in [0.717, 1.165) is 19.3 Å². The molecular weight excluding hydrogens is 206 g/mol. The van der Waals surface area contributed by atoms with Crippen LogP contribution in [0.1, 0.15) is 46.5 Å². The highest BCUT2D eigenvalue weighted by Crippen LogP contribution is 2.06. The van der Waals surface area contributed by atoms with Crippen molar-refractivity contribution < 1.29 is 14.7 Å². The molecule has 0 rings (SSSR count). The number of aliphatic carboxylic acids is 1. The third-order valence-electron chi connectivity index (χ3n) is 2.60. The summed E-state index contributed by atoms with van der Waals surface area (Å²) >= 11 is 0. The van der Waals surface area contributed by atoms with Gasteiger partial charge in [0.25, 0.3) is 0 Å². The van der Waals surface area contributed by atoms with Crippen LogP contribution in [0, 0.1) is 5.92 Å². The van der Waals surface area contributed by atoms with Gasteiger partial charge in [-0.05, 0) is 6.42 Å². The lowest BCUT2D eigenvalue weighted by Gasteiger charge is -2.24. The fraction of sp³-hybridized carbons (Fsp3) is 0.833. The largest absolute Gasteiger partial charge is 0.481 e. The maximum atomic E-state index is 11.6. The Kier molecular flexibility index (Phi) is 7.60. The zero-order valence-corrected chi connectivity index (χ0v) is 10.5. The molecule has 0 aliphatic carbocycles. The summed E-state index contributed by atoms with van der Waals surface area (Å²) in [6, 6.07) is 0. The minimum atomic E-state index is -0.843. The minimum Gasteiger partial charge on any atom is -0.481 e. The van der Waals surface area contributed by atoms with Crippen molar-refractivity contribution in [2.24, 2.45) is 5.92 Å². The highest BCUT2D eigenvalue weighted by Gasteiger charge is 2.18. The van der Waals surface area contributed by atoms with Crippen molar-refractivity contribution in [2.75, 3.05) is 13.1 Å². The molecule has 94 valence electrons. The first-order chi connectivity index (χ1) is 7.52. The Morgan fingerprint density at radius 3 is 2.31 bits per heavy atom. The summed E-state index contributed by atoms with van der Waals surface area (Å²) in [5, 5.41) is 8.82. The number of rotatable bonds is 8. The smallest absolute Gasteiger partial charge is 0.308 e. The van der Waals surface area contributed by atoms with Crippen LogP contribution < -0.4 is 0 Å². The molecule has 0 aromatic carbocycles. The van der Waals surface area contributed by atoms with Gasteiger partial charge in [-0.25, -0.2) is 0 Å². The van der Waals surface area contributed by atoms with Crippen molar-refractivity contribution in [3.8, 4) is 0 Å². The van der Waals surface area contributed by atoms with Gasteiger partial charge < -0.3 is 10.0 Å². The summed E-state index contributed by atoms with van der Waals surface area (Å²) in [5.74, 6) is -1.29. The van der Waals surface area contributed by atoms with E-state index in [0.29, 0.717) is 19.5 Å². The number of nitrogens with zero attached hydrogens (tertiary/aromatic N) is 1. The lowest BCUT2D eigenvalue weighted by Crippen LogP contribution is -2.37. The Morgan fingerprint density at radius 2 is 1.88 bits per heavy atom. The molecule has 16 heavy (non-hydrogen) atoms. The number of hydrogen-bond acceptors (Lipinski definition) is 2. The molecule has 1 unspecified atom stereocenters. The van der Waals surface area contributed by atoms with Crippen LogP contribution in [-0.4, -0.2) is 35.0 Å². The lowest BCUT2D eigenvalue weighted by atomic mass is 10.1. The maximum absolute atomic E-state index is 11.6. The Labute approximate surface area is 97.6 Å². The maximum Gasteiger partial charge on any atom is 0.308 e. The normalized spacial score (nSPS) is 12.2. The van der Waals surface area contributed by atoms with Crippen LogP contribution in [0.2, 0.25) is 0 Å². The van der Waals surface area contributed by atoms with E-state index in [9.17, 15) is 9.59 Å². The number of hydrogen-bond donors (Lipinski definition) is 1. The first-order valence-electron chi connectivity index (χ1n) is 6.03.